The standard InChI is InChI=1S/C25H34BrN3O4S/c1-6-19(4)27-25(31)23(7-2)28(16-20-10-8-9-18(3)15-20)24(30)17-29(34(5,32)33)22-13-11-21(26)12-14-22/h8-15,19,23H,6-7,16-17H2,1-5H3,(H,27,31)/t19-,23+/m1/s1. The van der Waals surface area contributed by atoms with Gasteiger partial charge in [-0.3, -0.25) is 13.9 Å². The predicted molar refractivity (Wildman–Crippen MR) is 140 cm³/mol. The number of sulfonamides is 1. The minimum absolute atomic E-state index is 0.0345. The van der Waals surface area contributed by atoms with Crippen molar-refractivity contribution in [2.45, 2.75) is 59.2 Å². The van der Waals surface area contributed by atoms with Crippen molar-refractivity contribution in [3.63, 3.8) is 0 Å². The molecular weight excluding hydrogens is 518 g/mol. The molecule has 0 radical (unpaired) electrons. The Kier molecular flexibility index (Phi) is 10.1. The summed E-state index contributed by atoms with van der Waals surface area (Å²) in [5, 5.41) is 2.96. The van der Waals surface area contributed by atoms with Crippen LogP contribution in [0.2, 0.25) is 0 Å². The van der Waals surface area contributed by atoms with Crippen LogP contribution in [0.5, 0.6) is 0 Å². The van der Waals surface area contributed by atoms with Gasteiger partial charge in [0, 0.05) is 17.1 Å². The highest BCUT2D eigenvalue weighted by Gasteiger charge is 2.32. The zero-order valence-electron chi connectivity index (χ0n) is 20.4. The van der Waals surface area contributed by atoms with Crippen molar-refractivity contribution in [1.29, 1.82) is 0 Å². The van der Waals surface area contributed by atoms with Crippen LogP contribution in [0.4, 0.5) is 5.69 Å². The predicted octanol–water partition coefficient (Wildman–Crippen LogP) is 4.25. The van der Waals surface area contributed by atoms with E-state index in [-0.39, 0.29) is 18.5 Å². The van der Waals surface area contributed by atoms with Crippen LogP contribution in [-0.4, -0.2) is 50.0 Å². The highest BCUT2D eigenvalue weighted by atomic mass is 79.9. The summed E-state index contributed by atoms with van der Waals surface area (Å²) in [4.78, 5) is 28.2. The summed E-state index contributed by atoms with van der Waals surface area (Å²) >= 11 is 3.34. The molecule has 0 aliphatic carbocycles. The smallest absolute Gasteiger partial charge is 0.244 e. The first-order chi connectivity index (χ1) is 16.0. The Hall–Kier alpha value is -2.39. The van der Waals surface area contributed by atoms with E-state index in [9.17, 15) is 18.0 Å². The molecule has 2 atom stereocenters. The Labute approximate surface area is 211 Å². The number of nitrogens with one attached hydrogen (secondary N) is 1. The largest absolute Gasteiger partial charge is 0.352 e. The third-order valence-corrected chi connectivity index (χ3v) is 7.29. The summed E-state index contributed by atoms with van der Waals surface area (Å²) in [6.07, 6.45) is 2.23. The van der Waals surface area contributed by atoms with Gasteiger partial charge in [-0.05, 0) is 56.5 Å². The molecule has 2 amide bonds. The monoisotopic (exact) mass is 551 g/mol. The van der Waals surface area contributed by atoms with E-state index in [1.54, 1.807) is 24.3 Å². The maximum atomic E-state index is 13.6. The number of halogens is 1. The number of benzene rings is 2. The Bertz CT molecular complexity index is 1090. The average Bonchev–Trinajstić information content (AvgIpc) is 2.77. The fourth-order valence-corrected chi connectivity index (χ4v) is 4.70. The molecule has 34 heavy (non-hydrogen) atoms. The van der Waals surface area contributed by atoms with Crippen LogP contribution in [-0.2, 0) is 26.2 Å². The molecule has 1 N–H and O–H groups in total. The molecule has 186 valence electrons. The zero-order chi connectivity index (χ0) is 25.5. The molecule has 0 aliphatic rings. The van der Waals surface area contributed by atoms with Crippen LogP contribution < -0.4 is 9.62 Å². The third kappa shape index (κ3) is 7.84. The number of rotatable bonds is 11. The minimum atomic E-state index is -3.74. The molecule has 9 heteroatoms. The van der Waals surface area contributed by atoms with Crippen LogP contribution >= 0.6 is 15.9 Å². The van der Waals surface area contributed by atoms with Crippen molar-refractivity contribution >= 4 is 43.5 Å². The van der Waals surface area contributed by atoms with Gasteiger partial charge in [-0.2, -0.15) is 0 Å². The first kappa shape index (κ1) is 27.9. The Morgan fingerprint density at radius 3 is 2.24 bits per heavy atom. The van der Waals surface area contributed by atoms with E-state index < -0.39 is 28.5 Å². The molecule has 2 aromatic rings. The Morgan fingerprint density at radius 2 is 1.71 bits per heavy atom. The second kappa shape index (κ2) is 12.4. The van der Waals surface area contributed by atoms with Gasteiger partial charge in [-0.15, -0.1) is 0 Å². The van der Waals surface area contributed by atoms with Crippen molar-refractivity contribution in [1.82, 2.24) is 10.2 Å². The minimum Gasteiger partial charge on any atom is -0.352 e. The van der Waals surface area contributed by atoms with Crippen molar-refractivity contribution in [2.75, 3.05) is 17.1 Å². The Balaban J connectivity index is 2.43. The van der Waals surface area contributed by atoms with E-state index in [1.165, 1.54) is 4.90 Å². The molecule has 0 unspecified atom stereocenters. The number of hydrogen-bond donors (Lipinski definition) is 1. The van der Waals surface area contributed by atoms with Gasteiger partial charge in [0.1, 0.15) is 12.6 Å². The maximum Gasteiger partial charge on any atom is 0.244 e. The zero-order valence-corrected chi connectivity index (χ0v) is 22.8. The van der Waals surface area contributed by atoms with Crippen molar-refractivity contribution in [2.24, 2.45) is 0 Å². The van der Waals surface area contributed by atoms with Crippen LogP contribution in [0.25, 0.3) is 0 Å². The average molecular weight is 553 g/mol. The van der Waals surface area contributed by atoms with E-state index >= 15 is 0 Å². The molecular formula is C25H34BrN3O4S. The van der Waals surface area contributed by atoms with E-state index in [2.05, 4.69) is 21.2 Å². The number of hydrogen-bond acceptors (Lipinski definition) is 4. The molecule has 0 aromatic heterocycles. The lowest BCUT2D eigenvalue weighted by atomic mass is 10.1. The lowest BCUT2D eigenvalue weighted by Gasteiger charge is -2.33. The third-order valence-electron chi connectivity index (χ3n) is 5.62. The summed E-state index contributed by atoms with van der Waals surface area (Å²) < 4.78 is 27.1. The number of anilines is 1. The number of nitrogens with zero attached hydrogens (tertiary/aromatic N) is 2. The summed E-state index contributed by atoms with van der Waals surface area (Å²) in [6.45, 7) is 7.49. The highest BCUT2D eigenvalue weighted by Crippen LogP contribution is 2.22. The fraction of sp³-hybridized carbons (Fsp3) is 0.440. The molecule has 0 fully saturated rings. The molecule has 7 nitrogen and oxygen atoms in total. The van der Waals surface area contributed by atoms with Gasteiger partial charge in [-0.1, -0.05) is 59.6 Å². The van der Waals surface area contributed by atoms with E-state index in [1.807, 2.05) is 52.0 Å². The molecule has 2 rings (SSSR count). The molecule has 2 aromatic carbocycles. The van der Waals surface area contributed by atoms with Crippen LogP contribution in [0.3, 0.4) is 0 Å². The topological polar surface area (TPSA) is 86.8 Å². The fourth-order valence-electron chi connectivity index (χ4n) is 3.59. The first-order valence-corrected chi connectivity index (χ1v) is 14.0. The molecule has 0 bridgehead atoms. The normalized spacial score (nSPS) is 13.1. The second-order valence-electron chi connectivity index (χ2n) is 8.50. The lowest BCUT2D eigenvalue weighted by molar-refractivity contribution is -0.140. The maximum absolute atomic E-state index is 13.6. The van der Waals surface area contributed by atoms with Gasteiger partial charge in [0.15, 0.2) is 0 Å². The number of amides is 2. The van der Waals surface area contributed by atoms with Gasteiger partial charge in [-0.25, -0.2) is 8.42 Å². The van der Waals surface area contributed by atoms with Crippen molar-refractivity contribution in [3.8, 4) is 0 Å². The lowest BCUT2D eigenvalue weighted by Crippen LogP contribution is -2.53. The molecule has 0 heterocycles. The molecule has 0 saturated heterocycles. The van der Waals surface area contributed by atoms with Gasteiger partial charge in [0.05, 0.1) is 11.9 Å². The highest BCUT2D eigenvalue weighted by molar-refractivity contribution is 9.10. The SMILES string of the molecule is CC[C@@H](C)NC(=O)[C@H](CC)N(Cc1cccc(C)c1)C(=O)CN(c1ccc(Br)cc1)S(C)(=O)=O. The van der Waals surface area contributed by atoms with E-state index in [0.29, 0.717) is 12.1 Å². The quantitative estimate of drug-likeness (QED) is 0.452. The van der Waals surface area contributed by atoms with E-state index in [0.717, 1.165) is 32.6 Å². The first-order valence-electron chi connectivity index (χ1n) is 11.3. The number of carbonyl (C=O) groups excluding carboxylic acids is 2. The van der Waals surface area contributed by atoms with E-state index in [4.69, 9.17) is 0 Å². The van der Waals surface area contributed by atoms with Gasteiger partial charge >= 0.3 is 0 Å². The summed E-state index contributed by atoms with van der Waals surface area (Å²) in [5.74, 6) is -0.687. The van der Waals surface area contributed by atoms with Crippen LogP contribution in [0, 0.1) is 6.92 Å². The number of carbonyl (C=O) groups is 2. The van der Waals surface area contributed by atoms with Gasteiger partial charge < -0.3 is 10.2 Å². The van der Waals surface area contributed by atoms with Crippen molar-refractivity contribution in [3.05, 3.63) is 64.1 Å². The molecule has 0 aliphatic heterocycles. The van der Waals surface area contributed by atoms with Gasteiger partial charge in [0.25, 0.3) is 0 Å². The van der Waals surface area contributed by atoms with Crippen molar-refractivity contribution < 1.29 is 18.0 Å². The number of aryl methyl sites for hydroxylation is 1. The van der Waals surface area contributed by atoms with Crippen LogP contribution in [0.15, 0.2) is 53.0 Å². The molecule has 0 saturated carbocycles. The Morgan fingerprint density at radius 1 is 1.06 bits per heavy atom. The summed E-state index contributed by atoms with van der Waals surface area (Å²) in [6, 6.07) is 13.7. The van der Waals surface area contributed by atoms with Gasteiger partial charge in [0.2, 0.25) is 21.8 Å². The van der Waals surface area contributed by atoms with Crippen LogP contribution in [0.1, 0.15) is 44.7 Å². The second-order valence-corrected chi connectivity index (χ2v) is 11.3. The molecule has 0 spiro atoms. The summed E-state index contributed by atoms with van der Waals surface area (Å²) in [5.41, 5.74) is 2.29. The summed E-state index contributed by atoms with van der Waals surface area (Å²) in [7, 11) is -3.74.